The largest absolute Gasteiger partial charge is 0.321 e. The van der Waals surface area contributed by atoms with E-state index in [0.29, 0.717) is 16.6 Å². The summed E-state index contributed by atoms with van der Waals surface area (Å²) >= 11 is 5.84. The van der Waals surface area contributed by atoms with Crippen molar-refractivity contribution in [3.05, 3.63) is 58.9 Å². The number of amides is 1. The highest BCUT2D eigenvalue weighted by Gasteiger charge is 2.08. The van der Waals surface area contributed by atoms with Crippen LogP contribution in [0.3, 0.4) is 0 Å². The van der Waals surface area contributed by atoms with E-state index < -0.39 is 0 Å². The van der Waals surface area contributed by atoms with Crippen LogP contribution in [0.15, 0.2) is 42.6 Å². The molecule has 0 bridgehead atoms. The quantitative estimate of drug-likeness (QED) is 0.900. The number of pyridine rings is 1. The molecule has 0 aliphatic rings. The van der Waals surface area contributed by atoms with Crippen molar-refractivity contribution >= 4 is 23.2 Å². The zero-order chi connectivity index (χ0) is 14.5. The molecule has 1 aromatic heterocycles. The minimum atomic E-state index is -0.260. The Morgan fingerprint density at radius 1 is 1.30 bits per heavy atom. The van der Waals surface area contributed by atoms with Crippen LogP contribution in [0.2, 0.25) is 5.02 Å². The van der Waals surface area contributed by atoms with Gasteiger partial charge in [0.1, 0.15) is 5.69 Å². The van der Waals surface area contributed by atoms with E-state index in [1.165, 1.54) is 11.8 Å². The zero-order valence-corrected chi connectivity index (χ0v) is 12.3. The Kier molecular flexibility index (Phi) is 4.74. The second kappa shape index (κ2) is 6.53. The molecule has 0 spiro atoms. The first-order valence-corrected chi connectivity index (χ1v) is 7.00. The molecule has 2 aromatic rings. The maximum absolute atomic E-state index is 12.0. The van der Waals surface area contributed by atoms with Gasteiger partial charge >= 0.3 is 0 Å². The third-order valence-electron chi connectivity index (χ3n) is 3.30. The number of halogens is 1. The van der Waals surface area contributed by atoms with Crippen molar-refractivity contribution in [2.24, 2.45) is 0 Å². The molecule has 1 heterocycles. The van der Waals surface area contributed by atoms with Gasteiger partial charge in [-0.2, -0.15) is 0 Å². The average molecular weight is 289 g/mol. The highest BCUT2D eigenvalue weighted by atomic mass is 35.5. The van der Waals surface area contributed by atoms with Gasteiger partial charge in [-0.3, -0.25) is 9.78 Å². The van der Waals surface area contributed by atoms with Crippen molar-refractivity contribution in [2.75, 3.05) is 5.32 Å². The van der Waals surface area contributed by atoms with E-state index in [2.05, 4.69) is 24.1 Å². The fourth-order valence-corrected chi connectivity index (χ4v) is 2.01. The number of nitrogens with one attached hydrogen (secondary N) is 1. The van der Waals surface area contributed by atoms with Crippen molar-refractivity contribution < 1.29 is 4.79 Å². The van der Waals surface area contributed by atoms with Gasteiger partial charge in [-0.25, -0.2) is 0 Å². The predicted molar refractivity (Wildman–Crippen MR) is 82.3 cm³/mol. The first-order valence-electron chi connectivity index (χ1n) is 6.63. The minimum Gasteiger partial charge on any atom is -0.321 e. The number of aromatic nitrogens is 1. The normalized spacial score (nSPS) is 11.9. The van der Waals surface area contributed by atoms with Crippen LogP contribution >= 0.6 is 11.6 Å². The number of carbonyl (C=O) groups is 1. The monoisotopic (exact) mass is 288 g/mol. The van der Waals surface area contributed by atoms with E-state index in [4.69, 9.17) is 11.6 Å². The highest BCUT2D eigenvalue weighted by Crippen LogP contribution is 2.20. The van der Waals surface area contributed by atoms with Crippen LogP contribution < -0.4 is 5.32 Å². The van der Waals surface area contributed by atoms with Crippen molar-refractivity contribution in [2.45, 2.75) is 26.2 Å². The fourth-order valence-electron chi connectivity index (χ4n) is 1.85. The maximum Gasteiger partial charge on any atom is 0.274 e. The Labute approximate surface area is 124 Å². The molecule has 0 saturated carbocycles. The number of benzene rings is 1. The Hall–Kier alpha value is -1.87. The van der Waals surface area contributed by atoms with Crippen LogP contribution in [-0.2, 0) is 0 Å². The van der Waals surface area contributed by atoms with Gasteiger partial charge in [-0.1, -0.05) is 37.6 Å². The lowest BCUT2D eigenvalue weighted by Crippen LogP contribution is -2.13. The van der Waals surface area contributed by atoms with Crippen molar-refractivity contribution in [1.82, 2.24) is 4.98 Å². The van der Waals surface area contributed by atoms with Crippen LogP contribution in [0.25, 0.3) is 0 Å². The van der Waals surface area contributed by atoms with Gasteiger partial charge < -0.3 is 5.32 Å². The van der Waals surface area contributed by atoms with Gasteiger partial charge in [-0.15, -0.1) is 0 Å². The third-order valence-corrected chi connectivity index (χ3v) is 3.54. The molecule has 0 aliphatic carbocycles. The van der Waals surface area contributed by atoms with Gasteiger partial charge in [0.05, 0.1) is 0 Å². The summed E-state index contributed by atoms with van der Waals surface area (Å²) in [4.78, 5) is 16.0. The lowest BCUT2D eigenvalue weighted by molar-refractivity contribution is 0.102. The summed E-state index contributed by atoms with van der Waals surface area (Å²) in [5.74, 6) is 0.262. The fraction of sp³-hybridized carbons (Fsp3) is 0.250. The molecular formula is C16H17ClN2O. The Bertz CT molecular complexity index is 596. The standard InChI is InChI=1S/C16H17ClN2O/c1-3-11(2)12-4-6-14(7-5-12)19-16(20)15-10-13(17)8-9-18-15/h4-11H,3H2,1-2H3,(H,19,20). The molecule has 20 heavy (non-hydrogen) atoms. The lowest BCUT2D eigenvalue weighted by atomic mass is 9.99. The topological polar surface area (TPSA) is 42.0 Å². The number of nitrogens with zero attached hydrogens (tertiary/aromatic N) is 1. The van der Waals surface area contributed by atoms with Crippen molar-refractivity contribution in [3.63, 3.8) is 0 Å². The smallest absolute Gasteiger partial charge is 0.274 e. The summed E-state index contributed by atoms with van der Waals surface area (Å²) in [7, 11) is 0. The van der Waals surface area contributed by atoms with Gasteiger partial charge in [0.25, 0.3) is 5.91 Å². The summed E-state index contributed by atoms with van der Waals surface area (Å²) in [6.07, 6.45) is 2.61. The minimum absolute atomic E-state index is 0.260. The van der Waals surface area contributed by atoms with Crippen LogP contribution in [-0.4, -0.2) is 10.9 Å². The SMILES string of the molecule is CCC(C)c1ccc(NC(=O)c2cc(Cl)ccn2)cc1. The van der Waals surface area contributed by atoms with E-state index in [1.54, 1.807) is 12.1 Å². The number of anilines is 1. The number of rotatable bonds is 4. The summed E-state index contributed by atoms with van der Waals surface area (Å²) in [5, 5.41) is 3.31. The molecule has 2 rings (SSSR count). The van der Waals surface area contributed by atoms with E-state index in [0.717, 1.165) is 12.1 Å². The highest BCUT2D eigenvalue weighted by molar-refractivity contribution is 6.30. The molecule has 0 radical (unpaired) electrons. The second-order valence-corrected chi connectivity index (χ2v) is 5.18. The van der Waals surface area contributed by atoms with Crippen molar-refractivity contribution in [3.8, 4) is 0 Å². The van der Waals surface area contributed by atoms with E-state index >= 15 is 0 Å². The lowest BCUT2D eigenvalue weighted by Gasteiger charge is -2.10. The van der Waals surface area contributed by atoms with Crippen LogP contribution in [0.4, 0.5) is 5.69 Å². The Morgan fingerprint density at radius 2 is 2.00 bits per heavy atom. The molecule has 4 heteroatoms. The molecule has 3 nitrogen and oxygen atoms in total. The molecule has 1 N–H and O–H groups in total. The van der Waals surface area contributed by atoms with Crippen molar-refractivity contribution in [1.29, 1.82) is 0 Å². The first-order chi connectivity index (χ1) is 9.60. The summed E-state index contributed by atoms with van der Waals surface area (Å²) in [6, 6.07) is 11.1. The van der Waals surface area contributed by atoms with Gasteiger partial charge in [-0.05, 0) is 42.2 Å². The third kappa shape index (κ3) is 3.58. The molecule has 0 saturated heterocycles. The summed E-state index contributed by atoms with van der Waals surface area (Å²) in [6.45, 7) is 4.34. The second-order valence-electron chi connectivity index (χ2n) is 4.74. The maximum atomic E-state index is 12.0. The van der Waals surface area contributed by atoms with Gasteiger partial charge in [0.2, 0.25) is 0 Å². The van der Waals surface area contributed by atoms with Crippen LogP contribution in [0, 0.1) is 0 Å². The van der Waals surface area contributed by atoms with Crippen LogP contribution in [0.5, 0.6) is 0 Å². The van der Waals surface area contributed by atoms with E-state index in [9.17, 15) is 4.79 Å². The molecule has 0 aliphatic heterocycles. The number of hydrogen-bond acceptors (Lipinski definition) is 2. The molecule has 1 unspecified atom stereocenters. The molecule has 0 fully saturated rings. The first kappa shape index (κ1) is 14.5. The molecule has 1 aromatic carbocycles. The van der Waals surface area contributed by atoms with Gasteiger partial charge in [0.15, 0.2) is 0 Å². The Morgan fingerprint density at radius 3 is 2.60 bits per heavy atom. The molecule has 1 atom stereocenters. The van der Waals surface area contributed by atoms with E-state index in [1.807, 2.05) is 24.3 Å². The average Bonchev–Trinajstić information content (AvgIpc) is 2.47. The molecular weight excluding hydrogens is 272 g/mol. The summed E-state index contributed by atoms with van der Waals surface area (Å²) < 4.78 is 0. The van der Waals surface area contributed by atoms with Crippen LogP contribution in [0.1, 0.15) is 42.2 Å². The Balaban J connectivity index is 2.08. The molecule has 104 valence electrons. The summed E-state index contributed by atoms with van der Waals surface area (Å²) in [5.41, 5.74) is 2.33. The predicted octanol–water partition coefficient (Wildman–Crippen LogP) is 4.50. The number of carbonyl (C=O) groups excluding carboxylic acids is 1. The number of hydrogen-bond donors (Lipinski definition) is 1. The molecule has 1 amide bonds. The zero-order valence-electron chi connectivity index (χ0n) is 11.6. The van der Waals surface area contributed by atoms with Gasteiger partial charge in [0, 0.05) is 16.9 Å². The van der Waals surface area contributed by atoms with E-state index in [-0.39, 0.29) is 5.91 Å².